The summed E-state index contributed by atoms with van der Waals surface area (Å²) in [5, 5.41) is 9.14. The predicted octanol–water partition coefficient (Wildman–Crippen LogP) is 2.89. The van der Waals surface area contributed by atoms with Crippen molar-refractivity contribution in [3.05, 3.63) is 42.1 Å². The Morgan fingerprint density at radius 1 is 1.23 bits per heavy atom. The predicted molar refractivity (Wildman–Crippen MR) is 87.1 cm³/mol. The minimum Gasteiger partial charge on any atom is -0.316 e. The van der Waals surface area contributed by atoms with E-state index in [0.717, 1.165) is 17.3 Å². The van der Waals surface area contributed by atoms with Crippen molar-refractivity contribution < 1.29 is 13.6 Å². The topological polar surface area (TPSA) is 79.3 Å². The monoisotopic (exact) mass is 322 g/mol. The first-order valence-corrected chi connectivity index (χ1v) is 9.09. The van der Waals surface area contributed by atoms with Crippen molar-refractivity contribution in [3.63, 3.8) is 0 Å². The van der Waals surface area contributed by atoms with E-state index in [1.807, 2.05) is 49.7 Å². The van der Waals surface area contributed by atoms with Gasteiger partial charge in [-0.1, -0.05) is 32.0 Å². The number of para-hydroxylation sites is 1. The number of benzene rings is 1. The number of hydrogen-bond acceptors (Lipinski definition) is 5. The standard InChI is InChI=1S/C16H22N2O3S/c1-12(2)7-8-16(18-19)22(20,21)11-13-9-14-5-3-4-6-15(14)17-10-13/h3-6,9-10,12,16,18-19H,7-8,11H2,1-2H3. The summed E-state index contributed by atoms with van der Waals surface area (Å²) < 4.78 is 24.9. The van der Waals surface area contributed by atoms with Crippen LogP contribution in [0.3, 0.4) is 0 Å². The average molecular weight is 322 g/mol. The normalized spacial score (nSPS) is 13.6. The van der Waals surface area contributed by atoms with Crippen molar-refractivity contribution >= 4 is 20.7 Å². The minimum atomic E-state index is -3.49. The van der Waals surface area contributed by atoms with Crippen LogP contribution in [0.25, 0.3) is 10.9 Å². The van der Waals surface area contributed by atoms with Gasteiger partial charge in [0.15, 0.2) is 9.84 Å². The van der Waals surface area contributed by atoms with Gasteiger partial charge in [-0.05, 0) is 36.5 Å². The molecule has 6 heteroatoms. The molecule has 2 aromatic rings. The van der Waals surface area contributed by atoms with E-state index in [1.165, 1.54) is 0 Å². The molecule has 0 aliphatic carbocycles. The molecule has 0 saturated heterocycles. The molecule has 22 heavy (non-hydrogen) atoms. The fourth-order valence-corrected chi connectivity index (χ4v) is 3.82. The van der Waals surface area contributed by atoms with Gasteiger partial charge in [0, 0.05) is 11.6 Å². The summed E-state index contributed by atoms with van der Waals surface area (Å²) in [6, 6.07) is 9.40. The Morgan fingerprint density at radius 3 is 2.64 bits per heavy atom. The van der Waals surface area contributed by atoms with Gasteiger partial charge in [0.25, 0.3) is 0 Å². The molecule has 0 aliphatic heterocycles. The smallest absolute Gasteiger partial charge is 0.172 e. The number of rotatable bonds is 7. The number of fused-ring (bicyclic) bond motifs is 1. The average Bonchev–Trinajstić information content (AvgIpc) is 2.46. The highest BCUT2D eigenvalue weighted by atomic mass is 32.2. The van der Waals surface area contributed by atoms with Gasteiger partial charge in [-0.15, -0.1) is 0 Å². The van der Waals surface area contributed by atoms with Crippen molar-refractivity contribution in [2.75, 3.05) is 0 Å². The lowest BCUT2D eigenvalue weighted by Gasteiger charge is -2.17. The zero-order chi connectivity index (χ0) is 16.2. The van der Waals surface area contributed by atoms with Crippen LogP contribution >= 0.6 is 0 Å². The lowest BCUT2D eigenvalue weighted by atomic mass is 10.1. The molecule has 0 spiro atoms. The molecule has 1 atom stereocenters. The zero-order valence-electron chi connectivity index (χ0n) is 12.9. The lowest BCUT2D eigenvalue weighted by Crippen LogP contribution is -2.35. The van der Waals surface area contributed by atoms with Crippen LogP contribution in [0.5, 0.6) is 0 Å². The van der Waals surface area contributed by atoms with Crippen LogP contribution in [0.15, 0.2) is 36.5 Å². The molecule has 1 unspecified atom stereocenters. The molecule has 1 heterocycles. The number of nitrogens with zero attached hydrogens (tertiary/aromatic N) is 1. The van der Waals surface area contributed by atoms with E-state index in [4.69, 9.17) is 0 Å². The first-order valence-electron chi connectivity index (χ1n) is 7.37. The Kier molecular flexibility index (Phi) is 5.50. The number of hydrogen-bond donors (Lipinski definition) is 2. The fourth-order valence-electron chi connectivity index (χ4n) is 2.34. The van der Waals surface area contributed by atoms with Crippen LogP contribution in [0.2, 0.25) is 0 Å². The Labute approximate surface area is 131 Å². The molecule has 0 radical (unpaired) electrons. The Balaban J connectivity index is 2.18. The lowest BCUT2D eigenvalue weighted by molar-refractivity contribution is 0.147. The van der Waals surface area contributed by atoms with Crippen molar-refractivity contribution in [1.82, 2.24) is 10.5 Å². The molecule has 0 fully saturated rings. The highest BCUT2D eigenvalue weighted by Crippen LogP contribution is 2.18. The van der Waals surface area contributed by atoms with Crippen molar-refractivity contribution in [1.29, 1.82) is 0 Å². The van der Waals surface area contributed by atoms with Gasteiger partial charge >= 0.3 is 0 Å². The van der Waals surface area contributed by atoms with Crippen molar-refractivity contribution in [2.45, 2.75) is 37.8 Å². The van der Waals surface area contributed by atoms with Crippen LogP contribution < -0.4 is 5.48 Å². The van der Waals surface area contributed by atoms with Crippen molar-refractivity contribution in [3.8, 4) is 0 Å². The van der Waals surface area contributed by atoms with Gasteiger partial charge in [0.2, 0.25) is 0 Å². The maximum Gasteiger partial charge on any atom is 0.172 e. The summed E-state index contributed by atoms with van der Waals surface area (Å²) in [6.07, 6.45) is 2.70. The summed E-state index contributed by atoms with van der Waals surface area (Å²) in [6.45, 7) is 4.04. The second-order valence-electron chi connectivity index (χ2n) is 5.93. The molecular weight excluding hydrogens is 300 g/mol. The molecule has 5 nitrogen and oxygen atoms in total. The maximum atomic E-state index is 12.4. The van der Waals surface area contributed by atoms with Crippen LogP contribution in [-0.2, 0) is 15.6 Å². The van der Waals surface area contributed by atoms with Crippen LogP contribution in [0, 0.1) is 5.92 Å². The number of hydroxylamine groups is 1. The highest BCUT2D eigenvalue weighted by Gasteiger charge is 2.25. The summed E-state index contributed by atoms with van der Waals surface area (Å²) in [4.78, 5) is 4.28. The van der Waals surface area contributed by atoms with E-state index in [2.05, 4.69) is 4.98 Å². The Bertz CT molecular complexity index is 729. The molecule has 0 saturated carbocycles. The van der Waals surface area contributed by atoms with Gasteiger partial charge < -0.3 is 5.21 Å². The maximum absolute atomic E-state index is 12.4. The minimum absolute atomic E-state index is 0.138. The van der Waals surface area contributed by atoms with E-state index in [1.54, 1.807) is 6.20 Å². The number of sulfone groups is 1. The van der Waals surface area contributed by atoms with Gasteiger partial charge in [-0.3, -0.25) is 4.98 Å². The van der Waals surface area contributed by atoms with Crippen LogP contribution in [0.1, 0.15) is 32.3 Å². The number of aromatic nitrogens is 1. The molecule has 0 amide bonds. The van der Waals surface area contributed by atoms with Crippen molar-refractivity contribution in [2.24, 2.45) is 5.92 Å². The number of nitrogens with one attached hydrogen (secondary N) is 1. The Hall–Kier alpha value is -1.50. The van der Waals surface area contributed by atoms with Gasteiger partial charge in [-0.2, -0.15) is 5.48 Å². The molecule has 2 rings (SSSR count). The summed E-state index contributed by atoms with van der Waals surface area (Å²) in [7, 11) is -3.49. The van der Waals surface area contributed by atoms with E-state index in [-0.39, 0.29) is 5.75 Å². The quantitative estimate of drug-likeness (QED) is 0.766. The molecule has 0 bridgehead atoms. The number of pyridine rings is 1. The first-order chi connectivity index (χ1) is 10.4. The third-order valence-corrected chi connectivity index (χ3v) is 5.54. The van der Waals surface area contributed by atoms with Gasteiger partial charge in [0.1, 0.15) is 5.37 Å². The highest BCUT2D eigenvalue weighted by molar-refractivity contribution is 7.91. The van der Waals surface area contributed by atoms with E-state index in [0.29, 0.717) is 17.9 Å². The molecule has 2 N–H and O–H groups in total. The Morgan fingerprint density at radius 2 is 1.95 bits per heavy atom. The van der Waals surface area contributed by atoms with E-state index < -0.39 is 15.2 Å². The second-order valence-corrected chi connectivity index (χ2v) is 8.12. The van der Waals surface area contributed by atoms with E-state index in [9.17, 15) is 13.6 Å². The first kappa shape index (κ1) is 16.9. The largest absolute Gasteiger partial charge is 0.316 e. The third-order valence-electron chi connectivity index (χ3n) is 3.60. The van der Waals surface area contributed by atoms with Gasteiger partial charge in [0.05, 0.1) is 11.3 Å². The van der Waals surface area contributed by atoms with E-state index >= 15 is 0 Å². The summed E-state index contributed by atoms with van der Waals surface area (Å²) in [5.41, 5.74) is 3.41. The molecule has 1 aromatic heterocycles. The summed E-state index contributed by atoms with van der Waals surface area (Å²) in [5.74, 6) is 0.245. The molecule has 0 aliphatic rings. The van der Waals surface area contributed by atoms with Crippen LogP contribution in [-0.4, -0.2) is 24.0 Å². The summed E-state index contributed by atoms with van der Waals surface area (Å²) >= 11 is 0. The zero-order valence-corrected chi connectivity index (χ0v) is 13.7. The molecular formula is C16H22N2O3S. The molecule has 1 aromatic carbocycles. The fraction of sp³-hybridized carbons (Fsp3) is 0.438. The van der Waals surface area contributed by atoms with Gasteiger partial charge in [-0.25, -0.2) is 8.42 Å². The molecule has 120 valence electrons. The second kappa shape index (κ2) is 7.17. The van der Waals surface area contributed by atoms with Crippen LogP contribution in [0.4, 0.5) is 0 Å². The SMILES string of the molecule is CC(C)CCC(NO)S(=O)(=O)Cc1cnc2ccccc2c1. The third kappa shape index (κ3) is 4.25.